The summed E-state index contributed by atoms with van der Waals surface area (Å²) in [4.78, 5) is 13.0. The Morgan fingerprint density at radius 3 is 2.43 bits per heavy atom. The maximum atomic E-state index is 12.9. The van der Waals surface area contributed by atoms with Gasteiger partial charge >= 0.3 is 0 Å². The number of hydrogen-bond acceptors (Lipinski definition) is 3. The average molecular weight is 421 g/mol. The predicted molar refractivity (Wildman–Crippen MR) is 111 cm³/mol. The second-order valence-electron chi connectivity index (χ2n) is 7.30. The van der Waals surface area contributed by atoms with Crippen molar-refractivity contribution in [1.29, 1.82) is 0 Å². The monoisotopic (exact) mass is 420 g/mol. The topological polar surface area (TPSA) is 66.5 Å². The molecule has 0 saturated carbocycles. The van der Waals surface area contributed by atoms with Gasteiger partial charge in [-0.2, -0.15) is 4.31 Å². The van der Waals surface area contributed by atoms with Crippen LogP contribution in [0.15, 0.2) is 53.4 Å². The number of nitrogens with zero attached hydrogens (tertiary/aromatic N) is 1. The van der Waals surface area contributed by atoms with Gasteiger partial charge in [0.1, 0.15) is 0 Å². The standard InChI is InChI=1S/C21H25ClN2O3S/c1-15-5-11-20(12-6-15)28(26,27)24-13-3-4-18(14-24)21(25)23-16(2)17-7-9-19(22)10-8-17/h5-12,16,18H,3-4,13-14H2,1-2H3,(H,23,25). The number of carbonyl (C=O) groups excluding carboxylic acids is 1. The van der Waals surface area contributed by atoms with E-state index < -0.39 is 10.0 Å². The molecule has 28 heavy (non-hydrogen) atoms. The third kappa shape index (κ3) is 4.74. The summed E-state index contributed by atoms with van der Waals surface area (Å²) in [5, 5.41) is 3.65. The van der Waals surface area contributed by atoms with Gasteiger partial charge in [-0.25, -0.2) is 8.42 Å². The van der Waals surface area contributed by atoms with E-state index in [1.807, 2.05) is 26.0 Å². The number of aryl methyl sites for hydroxylation is 1. The molecule has 1 fully saturated rings. The minimum atomic E-state index is -3.59. The van der Waals surface area contributed by atoms with Crippen molar-refractivity contribution in [1.82, 2.24) is 9.62 Å². The van der Waals surface area contributed by atoms with Gasteiger partial charge in [-0.3, -0.25) is 4.79 Å². The van der Waals surface area contributed by atoms with E-state index in [1.54, 1.807) is 36.4 Å². The highest BCUT2D eigenvalue weighted by Crippen LogP contribution is 2.25. The van der Waals surface area contributed by atoms with Crippen molar-refractivity contribution >= 4 is 27.5 Å². The Kier molecular flexibility index (Phi) is 6.43. The molecule has 2 atom stereocenters. The molecule has 1 amide bonds. The molecule has 0 bridgehead atoms. The molecule has 0 aromatic heterocycles. The zero-order chi connectivity index (χ0) is 20.3. The highest BCUT2D eigenvalue weighted by atomic mass is 35.5. The summed E-state index contributed by atoms with van der Waals surface area (Å²) in [6.45, 7) is 4.46. The molecule has 5 nitrogen and oxygen atoms in total. The lowest BCUT2D eigenvalue weighted by Crippen LogP contribution is -2.45. The Morgan fingerprint density at radius 1 is 1.14 bits per heavy atom. The highest BCUT2D eigenvalue weighted by Gasteiger charge is 2.33. The number of sulfonamides is 1. The number of nitrogens with one attached hydrogen (secondary N) is 1. The van der Waals surface area contributed by atoms with Crippen LogP contribution in [-0.4, -0.2) is 31.7 Å². The van der Waals surface area contributed by atoms with E-state index in [9.17, 15) is 13.2 Å². The van der Waals surface area contributed by atoms with Crippen LogP contribution in [0.2, 0.25) is 5.02 Å². The number of hydrogen-bond donors (Lipinski definition) is 1. The molecule has 1 aliphatic rings. The molecule has 3 rings (SSSR count). The summed E-state index contributed by atoms with van der Waals surface area (Å²) in [7, 11) is -3.59. The summed E-state index contributed by atoms with van der Waals surface area (Å²) in [5.74, 6) is -0.477. The molecule has 0 radical (unpaired) electrons. The summed E-state index contributed by atoms with van der Waals surface area (Å²) >= 11 is 5.91. The number of rotatable bonds is 5. The lowest BCUT2D eigenvalue weighted by atomic mass is 9.98. The van der Waals surface area contributed by atoms with E-state index in [-0.39, 0.29) is 29.3 Å². The Morgan fingerprint density at radius 2 is 1.79 bits per heavy atom. The molecule has 0 aliphatic carbocycles. The first-order chi connectivity index (χ1) is 13.3. The van der Waals surface area contributed by atoms with E-state index in [0.717, 1.165) is 11.1 Å². The molecular formula is C21H25ClN2O3S. The second-order valence-corrected chi connectivity index (χ2v) is 9.67. The van der Waals surface area contributed by atoms with Gasteiger partial charge in [0.05, 0.1) is 16.9 Å². The van der Waals surface area contributed by atoms with Crippen molar-refractivity contribution in [2.45, 2.75) is 37.6 Å². The van der Waals surface area contributed by atoms with Gasteiger partial charge in [0.2, 0.25) is 15.9 Å². The smallest absolute Gasteiger partial charge is 0.243 e. The number of amides is 1. The first-order valence-electron chi connectivity index (χ1n) is 9.40. The maximum absolute atomic E-state index is 12.9. The largest absolute Gasteiger partial charge is 0.349 e. The number of halogens is 1. The van der Waals surface area contributed by atoms with Crippen molar-refractivity contribution in [2.24, 2.45) is 5.92 Å². The molecule has 7 heteroatoms. The highest BCUT2D eigenvalue weighted by molar-refractivity contribution is 7.89. The van der Waals surface area contributed by atoms with E-state index in [1.165, 1.54) is 4.31 Å². The van der Waals surface area contributed by atoms with Crippen LogP contribution in [0.1, 0.15) is 36.9 Å². The quantitative estimate of drug-likeness (QED) is 0.796. The predicted octanol–water partition coefficient (Wildman–Crippen LogP) is 3.93. The lowest BCUT2D eigenvalue weighted by molar-refractivity contribution is -0.126. The first kappa shape index (κ1) is 20.8. The van der Waals surface area contributed by atoms with E-state index in [0.29, 0.717) is 24.4 Å². The SMILES string of the molecule is Cc1ccc(S(=O)(=O)N2CCCC(C(=O)NC(C)c3ccc(Cl)cc3)C2)cc1. The van der Waals surface area contributed by atoms with Gasteiger partial charge in [-0.15, -0.1) is 0 Å². The van der Waals surface area contributed by atoms with Crippen LogP contribution in [0.5, 0.6) is 0 Å². The van der Waals surface area contributed by atoms with Crippen molar-refractivity contribution in [3.8, 4) is 0 Å². The molecule has 1 saturated heterocycles. The molecule has 1 heterocycles. The van der Waals surface area contributed by atoms with Gasteiger partial charge in [0, 0.05) is 18.1 Å². The minimum absolute atomic E-state index is 0.119. The van der Waals surface area contributed by atoms with Crippen molar-refractivity contribution in [3.05, 3.63) is 64.7 Å². The molecular weight excluding hydrogens is 396 g/mol. The van der Waals surface area contributed by atoms with Gasteiger partial charge in [-0.05, 0) is 56.5 Å². The van der Waals surface area contributed by atoms with E-state index >= 15 is 0 Å². The maximum Gasteiger partial charge on any atom is 0.243 e. The third-order valence-electron chi connectivity index (χ3n) is 5.14. The molecule has 150 valence electrons. The second kappa shape index (κ2) is 8.64. The van der Waals surface area contributed by atoms with Gasteiger partial charge in [-0.1, -0.05) is 41.4 Å². The molecule has 2 aromatic rings. The molecule has 0 spiro atoms. The van der Waals surface area contributed by atoms with Crippen LogP contribution in [0, 0.1) is 12.8 Å². The summed E-state index contributed by atoms with van der Waals surface area (Å²) in [5.41, 5.74) is 1.96. The Labute approximate surface area is 171 Å². The fraction of sp³-hybridized carbons (Fsp3) is 0.381. The van der Waals surface area contributed by atoms with Crippen molar-refractivity contribution in [3.63, 3.8) is 0 Å². The third-order valence-corrected chi connectivity index (χ3v) is 7.27. The first-order valence-corrected chi connectivity index (χ1v) is 11.2. The summed E-state index contributed by atoms with van der Waals surface area (Å²) < 4.78 is 27.3. The summed E-state index contributed by atoms with van der Waals surface area (Å²) in [6, 6.07) is 14.0. The van der Waals surface area contributed by atoms with Crippen LogP contribution in [0.4, 0.5) is 0 Å². The normalized spacial score (nSPS) is 19.2. The Bertz CT molecular complexity index is 927. The van der Waals surface area contributed by atoms with Crippen LogP contribution in [0.25, 0.3) is 0 Å². The van der Waals surface area contributed by atoms with Crippen LogP contribution >= 0.6 is 11.6 Å². The van der Waals surface area contributed by atoms with E-state index in [2.05, 4.69) is 5.32 Å². The van der Waals surface area contributed by atoms with Gasteiger partial charge < -0.3 is 5.32 Å². The number of carbonyl (C=O) groups is 1. The number of benzene rings is 2. The Hall–Kier alpha value is -1.89. The molecule has 1 aliphatic heterocycles. The minimum Gasteiger partial charge on any atom is -0.349 e. The lowest BCUT2D eigenvalue weighted by Gasteiger charge is -2.32. The zero-order valence-electron chi connectivity index (χ0n) is 16.1. The fourth-order valence-corrected chi connectivity index (χ4v) is 5.05. The van der Waals surface area contributed by atoms with Crippen molar-refractivity contribution < 1.29 is 13.2 Å². The Balaban J connectivity index is 1.67. The molecule has 1 N–H and O–H groups in total. The van der Waals surface area contributed by atoms with Crippen LogP contribution in [-0.2, 0) is 14.8 Å². The molecule has 2 unspecified atom stereocenters. The zero-order valence-corrected chi connectivity index (χ0v) is 17.6. The molecule has 2 aromatic carbocycles. The summed E-state index contributed by atoms with van der Waals surface area (Å²) in [6.07, 6.45) is 1.34. The number of piperidine rings is 1. The van der Waals surface area contributed by atoms with Crippen LogP contribution in [0.3, 0.4) is 0 Å². The van der Waals surface area contributed by atoms with Crippen molar-refractivity contribution in [2.75, 3.05) is 13.1 Å². The van der Waals surface area contributed by atoms with E-state index in [4.69, 9.17) is 11.6 Å². The fourth-order valence-electron chi connectivity index (χ4n) is 3.40. The van der Waals surface area contributed by atoms with Gasteiger partial charge in [0.25, 0.3) is 0 Å². The van der Waals surface area contributed by atoms with Gasteiger partial charge in [0.15, 0.2) is 0 Å². The van der Waals surface area contributed by atoms with Crippen LogP contribution < -0.4 is 5.32 Å². The average Bonchev–Trinajstić information content (AvgIpc) is 2.69.